The molecular formula is C28H41N3O4S. The van der Waals surface area contributed by atoms with E-state index in [4.69, 9.17) is 4.74 Å². The quantitative estimate of drug-likeness (QED) is 0.290. The molecule has 0 bridgehead atoms. The van der Waals surface area contributed by atoms with Crippen LogP contribution in [0.4, 0.5) is 5.69 Å². The van der Waals surface area contributed by atoms with Gasteiger partial charge in [0.15, 0.2) is 5.78 Å². The van der Waals surface area contributed by atoms with Gasteiger partial charge in [0.25, 0.3) is 0 Å². The molecule has 2 aromatic carbocycles. The van der Waals surface area contributed by atoms with Crippen LogP contribution in [0.1, 0.15) is 62.2 Å². The molecule has 1 N–H and O–H groups in total. The van der Waals surface area contributed by atoms with Gasteiger partial charge in [-0.15, -0.1) is 0 Å². The maximum Gasteiger partial charge on any atom is 0.244 e. The van der Waals surface area contributed by atoms with E-state index >= 15 is 0 Å². The van der Waals surface area contributed by atoms with Gasteiger partial charge in [0, 0.05) is 49.9 Å². The Hall–Kier alpha value is -2.42. The van der Waals surface area contributed by atoms with Crippen molar-refractivity contribution in [3.63, 3.8) is 0 Å². The second kappa shape index (κ2) is 13.8. The van der Waals surface area contributed by atoms with Crippen molar-refractivity contribution in [1.82, 2.24) is 9.62 Å². The van der Waals surface area contributed by atoms with Crippen LogP contribution in [-0.4, -0.2) is 65.5 Å². The summed E-state index contributed by atoms with van der Waals surface area (Å²) < 4.78 is 32.1. The number of anilines is 1. The van der Waals surface area contributed by atoms with Crippen molar-refractivity contribution in [3.8, 4) is 5.75 Å². The molecule has 1 heterocycles. The highest BCUT2D eigenvalue weighted by Crippen LogP contribution is 2.26. The van der Waals surface area contributed by atoms with Crippen molar-refractivity contribution in [2.75, 3.05) is 45.2 Å². The highest BCUT2D eigenvalue weighted by atomic mass is 32.2. The zero-order chi connectivity index (χ0) is 26.0. The molecule has 0 saturated carbocycles. The Balaban J connectivity index is 1.52. The number of unbranched alkanes of at least 4 members (excludes halogenated alkanes) is 2. The van der Waals surface area contributed by atoms with Crippen LogP contribution < -0.4 is 14.4 Å². The molecule has 8 heteroatoms. The van der Waals surface area contributed by atoms with E-state index in [2.05, 4.69) is 51.8 Å². The summed E-state index contributed by atoms with van der Waals surface area (Å²) in [5.74, 6) is 0.193. The zero-order valence-electron chi connectivity index (χ0n) is 21.9. The number of hydrogen-bond acceptors (Lipinski definition) is 6. The van der Waals surface area contributed by atoms with E-state index in [-0.39, 0.29) is 16.4 Å². The standard InChI is InChI=1S/C28H41N3O4S/c1-4-5-11-24(30-18-20-31(21-19-30)25-12-7-6-8-13-25)14-9-10-15-26(32)23-16-17-27(35-3)28(22-23)36(33,34)29-2/h6-8,12-13,16-17,22,24,29H,4-5,9-11,14-15,18-21H2,1-3H3. The molecule has 0 spiro atoms. The number of piperazine rings is 1. The van der Waals surface area contributed by atoms with Crippen LogP contribution >= 0.6 is 0 Å². The third kappa shape index (κ3) is 7.54. The molecule has 1 aliphatic heterocycles. The van der Waals surface area contributed by atoms with Gasteiger partial charge in [-0.05, 0) is 56.6 Å². The van der Waals surface area contributed by atoms with Gasteiger partial charge < -0.3 is 9.64 Å². The van der Waals surface area contributed by atoms with E-state index in [1.807, 2.05) is 0 Å². The average Bonchev–Trinajstić information content (AvgIpc) is 2.92. The van der Waals surface area contributed by atoms with Gasteiger partial charge in [0.2, 0.25) is 10.0 Å². The highest BCUT2D eigenvalue weighted by molar-refractivity contribution is 7.89. The van der Waals surface area contributed by atoms with Crippen LogP contribution in [-0.2, 0) is 10.0 Å². The van der Waals surface area contributed by atoms with Gasteiger partial charge in [-0.25, -0.2) is 13.1 Å². The molecule has 0 amide bonds. The molecule has 1 aliphatic rings. The van der Waals surface area contributed by atoms with E-state index in [0.717, 1.165) is 45.4 Å². The van der Waals surface area contributed by atoms with Crippen molar-refractivity contribution in [3.05, 3.63) is 54.1 Å². The first-order chi connectivity index (χ1) is 17.4. The number of rotatable bonds is 14. The Morgan fingerprint density at radius 2 is 1.69 bits per heavy atom. The number of ether oxygens (including phenoxy) is 1. The fourth-order valence-electron chi connectivity index (χ4n) is 4.91. The van der Waals surface area contributed by atoms with Crippen molar-refractivity contribution in [1.29, 1.82) is 0 Å². The summed E-state index contributed by atoms with van der Waals surface area (Å²) in [5.41, 5.74) is 1.70. The van der Waals surface area contributed by atoms with Crippen LogP contribution in [0.3, 0.4) is 0 Å². The molecule has 2 aromatic rings. The zero-order valence-corrected chi connectivity index (χ0v) is 22.7. The molecule has 0 aliphatic carbocycles. The van der Waals surface area contributed by atoms with E-state index < -0.39 is 10.0 Å². The second-order valence-electron chi connectivity index (χ2n) is 9.40. The number of nitrogens with zero attached hydrogens (tertiary/aromatic N) is 2. The van der Waals surface area contributed by atoms with E-state index in [1.165, 1.54) is 45.2 Å². The Morgan fingerprint density at radius 1 is 1.00 bits per heavy atom. The molecule has 3 rings (SSSR count). The summed E-state index contributed by atoms with van der Waals surface area (Å²) in [6.07, 6.45) is 6.88. The molecule has 1 unspecified atom stereocenters. The number of hydrogen-bond donors (Lipinski definition) is 1. The van der Waals surface area contributed by atoms with Gasteiger partial charge in [0.05, 0.1) is 7.11 Å². The molecule has 0 radical (unpaired) electrons. The minimum absolute atomic E-state index is 0.00683. The summed E-state index contributed by atoms with van der Waals surface area (Å²) in [6, 6.07) is 15.8. The molecule has 0 aromatic heterocycles. The molecule has 1 saturated heterocycles. The maximum atomic E-state index is 12.8. The van der Waals surface area contributed by atoms with Crippen LogP contribution in [0.25, 0.3) is 0 Å². The van der Waals surface area contributed by atoms with Gasteiger partial charge in [-0.2, -0.15) is 0 Å². The third-order valence-corrected chi connectivity index (χ3v) is 8.51. The van der Waals surface area contributed by atoms with Crippen LogP contribution in [0, 0.1) is 0 Å². The summed E-state index contributed by atoms with van der Waals surface area (Å²) in [5, 5.41) is 0. The number of benzene rings is 2. The number of ketones is 1. The molecule has 36 heavy (non-hydrogen) atoms. The first-order valence-corrected chi connectivity index (χ1v) is 14.6. The number of carbonyl (C=O) groups is 1. The summed E-state index contributed by atoms with van der Waals surface area (Å²) in [7, 11) is -0.947. The smallest absolute Gasteiger partial charge is 0.244 e. The van der Waals surface area contributed by atoms with Crippen molar-refractivity contribution < 1.29 is 17.9 Å². The topological polar surface area (TPSA) is 78.9 Å². The average molecular weight is 516 g/mol. The predicted octanol–water partition coefficient (Wildman–Crippen LogP) is 4.73. The monoisotopic (exact) mass is 515 g/mol. The predicted molar refractivity (Wildman–Crippen MR) is 146 cm³/mol. The van der Waals surface area contributed by atoms with Gasteiger partial charge >= 0.3 is 0 Å². The Bertz CT molecular complexity index is 1070. The first kappa shape index (κ1) is 28.2. The van der Waals surface area contributed by atoms with Crippen molar-refractivity contribution in [2.45, 2.75) is 62.8 Å². The second-order valence-corrected chi connectivity index (χ2v) is 11.3. The molecular weight excluding hydrogens is 474 g/mol. The van der Waals surface area contributed by atoms with Crippen LogP contribution in [0.2, 0.25) is 0 Å². The molecule has 198 valence electrons. The number of nitrogens with one attached hydrogen (secondary N) is 1. The highest BCUT2D eigenvalue weighted by Gasteiger charge is 2.24. The van der Waals surface area contributed by atoms with Gasteiger partial charge in [-0.3, -0.25) is 9.69 Å². The fourth-order valence-corrected chi connectivity index (χ4v) is 5.83. The lowest BCUT2D eigenvalue weighted by atomic mass is 9.98. The van der Waals surface area contributed by atoms with E-state index in [0.29, 0.717) is 18.0 Å². The van der Waals surface area contributed by atoms with Crippen LogP contribution in [0.15, 0.2) is 53.4 Å². The van der Waals surface area contributed by atoms with Crippen molar-refractivity contribution >= 4 is 21.5 Å². The van der Waals surface area contributed by atoms with Gasteiger partial charge in [-0.1, -0.05) is 44.4 Å². The SMILES string of the molecule is CCCCC(CCCCC(=O)c1ccc(OC)c(S(=O)(=O)NC)c1)N1CCN(c2ccccc2)CC1. The minimum atomic E-state index is -3.71. The summed E-state index contributed by atoms with van der Waals surface area (Å²) in [4.78, 5) is 17.9. The fraction of sp³-hybridized carbons (Fsp3) is 0.536. The maximum absolute atomic E-state index is 12.8. The molecule has 1 atom stereocenters. The number of Topliss-reactive ketones (excluding diaryl/α,β-unsaturated/α-hetero) is 1. The number of sulfonamides is 1. The Morgan fingerprint density at radius 3 is 2.33 bits per heavy atom. The number of para-hydroxylation sites is 1. The lowest BCUT2D eigenvalue weighted by Crippen LogP contribution is -2.50. The summed E-state index contributed by atoms with van der Waals surface area (Å²) >= 11 is 0. The number of methoxy groups -OCH3 is 1. The first-order valence-electron chi connectivity index (χ1n) is 13.1. The molecule has 1 fully saturated rings. The Kier molecular flexibility index (Phi) is 10.8. The van der Waals surface area contributed by atoms with E-state index in [1.54, 1.807) is 12.1 Å². The normalized spacial score (nSPS) is 15.6. The summed E-state index contributed by atoms with van der Waals surface area (Å²) in [6.45, 7) is 6.45. The Labute approximate surface area is 216 Å². The lowest BCUT2D eigenvalue weighted by Gasteiger charge is -2.40. The number of carbonyl (C=O) groups excluding carboxylic acids is 1. The van der Waals surface area contributed by atoms with E-state index in [9.17, 15) is 13.2 Å². The minimum Gasteiger partial charge on any atom is -0.495 e. The third-order valence-electron chi connectivity index (χ3n) is 7.08. The van der Waals surface area contributed by atoms with Crippen LogP contribution in [0.5, 0.6) is 5.75 Å². The largest absolute Gasteiger partial charge is 0.495 e. The van der Waals surface area contributed by atoms with Gasteiger partial charge in [0.1, 0.15) is 10.6 Å². The lowest BCUT2D eigenvalue weighted by molar-refractivity contribution is 0.0976. The molecule has 7 nitrogen and oxygen atoms in total. The van der Waals surface area contributed by atoms with Crippen molar-refractivity contribution in [2.24, 2.45) is 0 Å².